The van der Waals surface area contributed by atoms with Gasteiger partial charge in [-0.3, -0.25) is 9.79 Å². The molecule has 0 saturated carbocycles. The van der Waals surface area contributed by atoms with Crippen LogP contribution in [0.25, 0.3) is 0 Å². The molecule has 3 amide bonds. The van der Waals surface area contributed by atoms with Gasteiger partial charge in [0.25, 0.3) is 5.91 Å². The minimum Gasteiger partial charge on any atom is -0.355 e. The predicted octanol–water partition coefficient (Wildman–Crippen LogP) is 4.43. The van der Waals surface area contributed by atoms with Gasteiger partial charge in [-0.15, -0.1) is 22.4 Å². The molecular formula is C26H36N5O2P. The molecule has 0 fully saturated rings. The van der Waals surface area contributed by atoms with Gasteiger partial charge in [-0.05, 0) is 43.3 Å². The molecular weight excluding hydrogens is 445 g/mol. The Morgan fingerprint density at radius 2 is 1.88 bits per heavy atom. The zero-order chi connectivity index (χ0) is 25.3. The van der Waals surface area contributed by atoms with Gasteiger partial charge in [-0.2, -0.15) is 0 Å². The van der Waals surface area contributed by atoms with Crippen molar-refractivity contribution < 1.29 is 9.59 Å². The number of hydrogen-bond donors (Lipinski definition) is 2. The summed E-state index contributed by atoms with van der Waals surface area (Å²) in [5.41, 5.74) is 5.27. The second kappa shape index (κ2) is 12.9. The lowest BCUT2D eigenvalue weighted by molar-refractivity contribution is 0.0959. The second-order valence-electron chi connectivity index (χ2n) is 7.87. The van der Waals surface area contributed by atoms with E-state index in [-0.39, 0.29) is 11.9 Å². The topological polar surface area (TPSA) is 78.7 Å². The highest BCUT2D eigenvalue weighted by atomic mass is 31.0. The highest BCUT2D eigenvalue weighted by Gasteiger charge is 2.30. The molecule has 34 heavy (non-hydrogen) atoms. The van der Waals surface area contributed by atoms with E-state index in [1.165, 1.54) is 0 Å². The largest absolute Gasteiger partial charge is 0.355 e. The van der Waals surface area contributed by atoms with Crippen molar-refractivity contribution in [2.45, 2.75) is 46.7 Å². The number of carbonyl (C=O) groups excluding carboxylic acids is 2. The SMILES string of the molecule is C=C.CC/C=C(/C)N=CCc1c(C)c(C(=O)NC)c2n1CCN(C(=O)Nc1ccc(P)cc1)C2. The number of nitrogens with one attached hydrogen (secondary N) is 2. The van der Waals surface area contributed by atoms with Gasteiger partial charge in [0.05, 0.1) is 17.8 Å². The van der Waals surface area contributed by atoms with Gasteiger partial charge >= 0.3 is 6.03 Å². The Hall–Kier alpha value is -3.18. The van der Waals surface area contributed by atoms with Gasteiger partial charge in [0.2, 0.25) is 0 Å². The molecule has 2 heterocycles. The van der Waals surface area contributed by atoms with E-state index >= 15 is 0 Å². The molecule has 1 aliphatic heterocycles. The molecule has 8 heteroatoms. The molecule has 1 atom stereocenters. The molecule has 1 aromatic carbocycles. The van der Waals surface area contributed by atoms with Crippen LogP contribution in [0.15, 0.2) is 54.2 Å². The summed E-state index contributed by atoms with van der Waals surface area (Å²) in [6.07, 6.45) is 5.57. The summed E-state index contributed by atoms with van der Waals surface area (Å²) < 4.78 is 2.18. The molecule has 0 saturated heterocycles. The molecule has 7 nitrogen and oxygen atoms in total. The van der Waals surface area contributed by atoms with Crippen molar-refractivity contribution >= 4 is 38.4 Å². The summed E-state index contributed by atoms with van der Waals surface area (Å²) in [5, 5.41) is 6.76. The van der Waals surface area contributed by atoms with Crippen molar-refractivity contribution in [3.05, 3.63) is 71.7 Å². The van der Waals surface area contributed by atoms with E-state index in [0.717, 1.165) is 40.1 Å². The number of rotatable bonds is 6. The second-order valence-corrected chi connectivity index (χ2v) is 8.53. The molecule has 2 N–H and O–H groups in total. The van der Waals surface area contributed by atoms with E-state index in [4.69, 9.17) is 0 Å². The number of aromatic nitrogens is 1. The number of anilines is 1. The molecule has 0 radical (unpaired) electrons. The first-order valence-corrected chi connectivity index (χ1v) is 12.0. The third-order valence-electron chi connectivity index (χ3n) is 5.66. The lowest BCUT2D eigenvalue weighted by atomic mass is 10.1. The summed E-state index contributed by atoms with van der Waals surface area (Å²) in [7, 11) is 4.26. The monoisotopic (exact) mass is 481 g/mol. The number of urea groups is 1. The number of fused-ring (bicyclic) bond motifs is 1. The van der Waals surface area contributed by atoms with Crippen LogP contribution in [0.2, 0.25) is 0 Å². The van der Waals surface area contributed by atoms with E-state index in [9.17, 15) is 9.59 Å². The van der Waals surface area contributed by atoms with Crippen molar-refractivity contribution in [1.82, 2.24) is 14.8 Å². The smallest absolute Gasteiger partial charge is 0.322 e. The van der Waals surface area contributed by atoms with Crippen LogP contribution < -0.4 is 15.9 Å². The van der Waals surface area contributed by atoms with Crippen molar-refractivity contribution in [1.29, 1.82) is 0 Å². The number of carbonyl (C=O) groups is 2. The summed E-state index contributed by atoms with van der Waals surface area (Å²) in [6.45, 7) is 13.6. The van der Waals surface area contributed by atoms with Gasteiger partial charge in [-0.25, -0.2) is 4.79 Å². The number of amides is 3. The first-order valence-electron chi connectivity index (χ1n) is 11.4. The van der Waals surface area contributed by atoms with Gasteiger partial charge in [0.1, 0.15) is 0 Å². The average molecular weight is 482 g/mol. The molecule has 1 aromatic heterocycles. The summed E-state index contributed by atoms with van der Waals surface area (Å²) in [6, 6.07) is 7.44. The number of hydrogen-bond acceptors (Lipinski definition) is 3. The maximum atomic E-state index is 12.9. The Bertz CT molecular complexity index is 1070. The lowest BCUT2D eigenvalue weighted by Crippen LogP contribution is -2.41. The van der Waals surface area contributed by atoms with E-state index < -0.39 is 0 Å². The maximum Gasteiger partial charge on any atom is 0.322 e. The molecule has 0 spiro atoms. The quantitative estimate of drug-likeness (QED) is 0.364. The Morgan fingerprint density at radius 1 is 1.21 bits per heavy atom. The fraction of sp³-hybridized carbons (Fsp3) is 0.346. The summed E-state index contributed by atoms with van der Waals surface area (Å²) in [4.78, 5) is 31.9. The molecule has 0 aliphatic carbocycles. The zero-order valence-electron chi connectivity index (χ0n) is 20.6. The standard InChI is InChI=1S/C24H32N5O2P.C2H4/c1-5-6-16(2)26-12-11-20-17(3)22(23(30)25-4)21-15-28(13-14-29(20)21)24(31)27-18-7-9-19(32)10-8-18;1-2/h6-10,12H,5,11,13-15,32H2,1-4H3,(H,25,30)(H,27,31);1-2H2/b16-6-,26-12?;. The average Bonchev–Trinajstić information content (AvgIpc) is 3.12. The van der Waals surface area contributed by atoms with Crippen LogP contribution in [0.4, 0.5) is 10.5 Å². The zero-order valence-corrected chi connectivity index (χ0v) is 21.8. The van der Waals surface area contributed by atoms with Gasteiger partial charge in [-0.1, -0.05) is 25.1 Å². The van der Waals surface area contributed by atoms with Crippen LogP contribution in [0.1, 0.15) is 47.6 Å². The van der Waals surface area contributed by atoms with Crippen LogP contribution >= 0.6 is 9.24 Å². The molecule has 0 bridgehead atoms. The maximum absolute atomic E-state index is 12.9. The van der Waals surface area contributed by atoms with Gasteiger partial charge in [0.15, 0.2) is 0 Å². The molecule has 1 unspecified atom stereocenters. The van der Waals surface area contributed by atoms with Crippen LogP contribution in [0.5, 0.6) is 0 Å². The Labute approximate surface area is 205 Å². The van der Waals surface area contributed by atoms with E-state index in [1.807, 2.05) is 44.3 Å². The Morgan fingerprint density at radius 3 is 2.50 bits per heavy atom. The van der Waals surface area contributed by atoms with Crippen LogP contribution in [0.3, 0.4) is 0 Å². The first kappa shape index (κ1) is 27.1. The van der Waals surface area contributed by atoms with E-state index in [1.54, 1.807) is 11.9 Å². The molecule has 2 aromatic rings. The Balaban J connectivity index is 0.00000199. The minimum absolute atomic E-state index is 0.130. The molecule has 3 rings (SSSR count). The van der Waals surface area contributed by atoms with E-state index in [0.29, 0.717) is 31.6 Å². The van der Waals surface area contributed by atoms with E-state index in [2.05, 4.69) is 55.6 Å². The molecule has 1 aliphatic rings. The predicted molar refractivity (Wildman–Crippen MR) is 145 cm³/mol. The van der Waals surface area contributed by atoms with Crippen molar-refractivity contribution in [3.8, 4) is 0 Å². The summed E-state index contributed by atoms with van der Waals surface area (Å²) >= 11 is 0. The fourth-order valence-corrected chi connectivity index (χ4v) is 4.22. The van der Waals surface area contributed by atoms with Crippen molar-refractivity contribution in [3.63, 3.8) is 0 Å². The number of benzene rings is 1. The van der Waals surface area contributed by atoms with Crippen molar-refractivity contribution in [2.24, 2.45) is 4.99 Å². The first-order chi connectivity index (χ1) is 16.3. The highest BCUT2D eigenvalue weighted by molar-refractivity contribution is 7.27. The Kier molecular flexibility index (Phi) is 10.3. The highest BCUT2D eigenvalue weighted by Crippen LogP contribution is 2.28. The minimum atomic E-state index is -0.169. The summed E-state index contributed by atoms with van der Waals surface area (Å²) in [5.74, 6) is -0.130. The lowest BCUT2D eigenvalue weighted by Gasteiger charge is -2.30. The molecule has 182 valence electrons. The van der Waals surface area contributed by atoms with Gasteiger partial charge in [0, 0.05) is 49.9 Å². The fourth-order valence-electron chi connectivity index (χ4n) is 4.03. The van der Waals surface area contributed by atoms with Crippen LogP contribution in [0, 0.1) is 6.92 Å². The van der Waals surface area contributed by atoms with Crippen molar-refractivity contribution in [2.75, 3.05) is 18.9 Å². The third-order valence-corrected chi connectivity index (χ3v) is 6.05. The third kappa shape index (κ3) is 6.45. The van der Waals surface area contributed by atoms with Gasteiger partial charge < -0.3 is 20.1 Å². The number of allylic oxidation sites excluding steroid dienone is 2. The van der Waals surface area contributed by atoms with Crippen LogP contribution in [-0.4, -0.2) is 41.2 Å². The van der Waals surface area contributed by atoms with Crippen LogP contribution in [-0.2, 0) is 19.5 Å². The number of aliphatic imine (C=N–C) groups is 1. The normalized spacial score (nSPS) is 13.2. The number of nitrogens with zero attached hydrogens (tertiary/aromatic N) is 3.